The minimum atomic E-state index is 0.867. The molecule has 3 heteroatoms. The monoisotopic (exact) mass is 699 g/mol. The standard InChI is InChI=1S/C52H33N3/c1-2-16-41(17-3-1)55-49-23-9-8-20-44(49)47-32-39(28-29-50(47)55)38-14-10-12-36(30-38)34-24-26-35(27-25-34)37-13-11-15-40(31-37)48-33-53-51-45-21-6-4-18-42(45)43-19-5-7-22-46(43)52(51)54-48/h1-33H. The van der Waals surface area contributed by atoms with Gasteiger partial charge in [-0.1, -0.05) is 152 Å². The Bertz CT molecular complexity index is 3210. The van der Waals surface area contributed by atoms with Crippen molar-refractivity contribution in [3.8, 4) is 50.3 Å². The maximum Gasteiger partial charge on any atom is 0.0979 e. The van der Waals surface area contributed by atoms with Gasteiger partial charge in [-0.25, -0.2) is 4.98 Å². The molecule has 0 atom stereocenters. The highest BCUT2D eigenvalue weighted by Crippen LogP contribution is 2.37. The number of aromatic nitrogens is 3. The summed E-state index contributed by atoms with van der Waals surface area (Å²) in [4.78, 5) is 10.2. The van der Waals surface area contributed by atoms with E-state index in [1.807, 2.05) is 6.20 Å². The molecule has 0 bridgehead atoms. The second-order valence-corrected chi connectivity index (χ2v) is 14.2. The lowest BCUT2D eigenvalue weighted by molar-refractivity contribution is 1.18. The Morgan fingerprint density at radius 1 is 0.309 bits per heavy atom. The van der Waals surface area contributed by atoms with Crippen LogP contribution >= 0.6 is 0 Å². The Hall–Kier alpha value is -7.36. The van der Waals surface area contributed by atoms with Gasteiger partial charge in [-0.2, -0.15) is 0 Å². The predicted molar refractivity (Wildman–Crippen MR) is 231 cm³/mol. The molecular formula is C52H33N3. The fraction of sp³-hybridized carbons (Fsp3) is 0. The molecule has 0 aliphatic rings. The fourth-order valence-corrected chi connectivity index (χ4v) is 8.36. The van der Waals surface area contributed by atoms with Crippen molar-refractivity contribution in [1.82, 2.24) is 14.5 Å². The van der Waals surface area contributed by atoms with Crippen LogP contribution in [0.5, 0.6) is 0 Å². The minimum Gasteiger partial charge on any atom is -0.309 e. The van der Waals surface area contributed by atoms with Gasteiger partial charge in [0.15, 0.2) is 0 Å². The Morgan fingerprint density at radius 2 is 0.800 bits per heavy atom. The van der Waals surface area contributed by atoms with Crippen LogP contribution in [-0.2, 0) is 0 Å². The normalized spacial score (nSPS) is 11.6. The fourth-order valence-electron chi connectivity index (χ4n) is 8.36. The van der Waals surface area contributed by atoms with E-state index in [2.05, 4.69) is 199 Å². The lowest BCUT2D eigenvalue weighted by Crippen LogP contribution is -1.92. The summed E-state index contributed by atoms with van der Waals surface area (Å²) in [7, 11) is 0. The molecule has 0 spiro atoms. The van der Waals surface area contributed by atoms with Crippen LogP contribution in [0.3, 0.4) is 0 Å². The molecule has 11 aromatic rings. The molecule has 2 aromatic heterocycles. The lowest BCUT2D eigenvalue weighted by atomic mass is 9.96. The van der Waals surface area contributed by atoms with Crippen LogP contribution in [0.4, 0.5) is 0 Å². The van der Waals surface area contributed by atoms with E-state index >= 15 is 0 Å². The number of benzene rings is 9. The van der Waals surface area contributed by atoms with E-state index in [0.717, 1.165) is 44.2 Å². The van der Waals surface area contributed by atoms with Crippen molar-refractivity contribution in [3.05, 3.63) is 200 Å². The first-order valence-corrected chi connectivity index (χ1v) is 18.7. The van der Waals surface area contributed by atoms with Crippen LogP contribution in [0.25, 0.3) is 105 Å². The van der Waals surface area contributed by atoms with Gasteiger partial charge >= 0.3 is 0 Å². The Morgan fingerprint density at radius 3 is 1.49 bits per heavy atom. The van der Waals surface area contributed by atoms with Crippen molar-refractivity contribution in [2.24, 2.45) is 0 Å². The number of rotatable bonds is 5. The molecule has 0 N–H and O–H groups in total. The average Bonchev–Trinajstić information content (AvgIpc) is 3.60. The van der Waals surface area contributed by atoms with E-state index in [0.29, 0.717) is 0 Å². The van der Waals surface area contributed by atoms with Gasteiger partial charge in [-0.3, -0.25) is 4.98 Å². The van der Waals surface area contributed by atoms with Crippen molar-refractivity contribution in [1.29, 1.82) is 0 Å². The topological polar surface area (TPSA) is 30.7 Å². The molecule has 0 aliphatic heterocycles. The Kier molecular flexibility index (Phi) is 7.17. The summed E-state index contributed by atoms with van der Waals surface area (Å²) < 4.78 is 2.36. The highest BCUT2D eigenvalue weighted by atomic mass is 15.0. The number of fused-ring (bicyclic) bond motifs is 9. The summed E-state index contributed by atoms with van der Waals surface area (Å²) in [5.74, 6) is 0. The average molecular weight is 700 g/mol. The summed E-state index contributed by atoms with van der Waals surface area (Å²) in [5.41, 5.74) is 14.5. The zero-order chi connectivity index (χ0) is 36.3. The third kappa shape index (κ3) is 5.20. The van der Waals surface area contributed by atoms with E-state index in [9.17, 15) is 0 Å². The maximum absolute atomic E-state index is 5.23. The first kappa shape index (κ1) is 31.2. The molecule has 9 aromatic carbocycles. The van der Waals surface area contributed by atoms with Crippen molar-refractivity contribution < 1.29 is 0 Å². The predicted octanol–water partition coefficient (Wildman–Crippen LogP) is 13.7. The zero-order valence-corrected chi connectivity index (χ0v) is 29.9. The SMILES string of the molecule is c1ccc(-n2c3ccccc3c3cc(-c4cccc(-c5ccc(-c6cccc(-c7cnc8c9ccccc9c9ccccc9c8n7)c6)cc5)c4)ccc32)cc1. The third-order valence-electron chi connectivity index (χ3n) is 11.0. The first-order chi connectivity index (χ1) is 27.3. The molecule has 0 saturated heterocycles. The molecule has 0 aliphatic carbocycles. The van der Waals surface area contributed by atoms with Gasteiger partial charge in [-0.05, 0) is 86.6 Å². The number of hydrogen-bond acceptors (Lipinski definition) is 2. The first-order valence-electron chi connectivity index (χ1n) is 18.7. The summed E-state index contributed by atoms with van der Waals surface area (Å²) in [6.45, 7) is 0. The van der Waals surface area contributed by atoms with Crippen LogP contribution in [0.1, 0.15) is 0 Å². The second kappa shape index (κ2) is 12.6. The molecule has 2 heterocycles. The quantitative estimate of drug-likeness (QED) is 0.167. The molecule has 0 amide bonds. The van der Waals surface area contributed by atoms with E-state index in [-0.39, 0.29) is 0 Å². The molecule has 256 valence electrons. The van der Waals surface area contributed by atoms with Gasteiger partial charge in [0.2, 0.25) is 0 Å². The largest absolute Gasteiger partial charge is 0.309 e. The Labute approximate surface area is 318 Å². The lowest BCUT2D eigenvalue weighted by Gasteiger charge is -2.11. The number of para-hydroxylation sites is 2. The van der Waals surface area contributed by atoms with E-state index in [1.54, 1.807) is 0 Å². The van der Waals surface area contributed by atoms with Crippen LogP contribution < -0.4 is 0 Å². The van der Waals surface area contributed by atoms with Gasteiger partial charge in [0.25, 0.3) is 0 Å². The maximum atomic E-state index is 5.23. The van der Waals surface area contributed by atoms with Gasteiger partial charge in [0.05, 0.1) is 34.0 Å². The molecule has 0 fully saturated rings. The van der Waals surface area contributed by atoms with Gasteiger partial charge in [0.1, 0.15) is 0 Å². The number of nitrogens with zero attached hydrogens (tertiary/aromatic N) is 3. The molecule has 0 unspecified atom stereocenters. The van der Waals surface area contributed by atoms with Crippen LogP contribution in [0, 0.1) is 0 Å². The smallest absolute Gasteiger partial charge is 0.0979 e. The molecule has 0 saturated carbocycles. The van der Waals surface area contributed by atoms with Crippen molar-refractivity contribution in [2.45, 2.75) is 0 Å². The highest BCUT2D eigenvalue weighted by molar-refractivity contribution is 6.23. The second-order valence-electron chi connectivity index (χ2n) is 14.2. The Balaban J connectivity index is 0.919. The summed E-state index contributed by atoms with van der Waals surface area (Å²) in [5, 5.41) is 7.17. The molecule has 3 nitrogen and oxygen atoms in total. The minimum absolute atomic E-state index is 0.867. The van der Waals surface area contributed by atoms with E-state index < -0.39 is 0 Å². The summed E-state index contributed by atoms with van der Waals surface area (Å²) >= 11 is 0. The van der Waals surface area contributed by atoms with Crippen molar-refractivity contribution >= 4 is 54.4 Å². The highest BCUT2D eigenvalue weighted by Gasteiger charge is 2.15. The molecule has 11 rings (SSSR count). The van der Waals surface area contributed by atoms with Crippen LogP contribution in [0.2, 0.25) is 0 Å². The summed E-state index contributed by atoms with van der Waals surface area (Å²) in [6, 6.07) is 69.5. The molecular weight excluding hydrogens is 667 g/mol. The van der Waals surface area contributed by atoms with E-state index in [4.69, 9.17) is 9.97 Å². The molecule has 55 heavy (non-hydrogen) atoms. The zero-order valence-electron chi connectivity index (χ0n) is 29.9. The number of hydrogen-bond donors (Lipinski definition) is 0. The van der Waals surface area contributed by atoms with Crippen molar-refractivity contribution in [2.75, 3.05) is 0 Å². The van der Waals surface area contributed by atoms with E-state index in [1.165, 1.54) is 60.5 Å². The molecule has 0 radical (unpaired) electrons. The van der Waals surface area contributed by atoms with Crippen LogP contribution in [0.15, 0.2) is 200 Å². The summed E-state index contributed by atoms with van der Waals surface area (Å²) in [6.07, 6.45) is 1.91. The van der Waals surface area contributed by atoms with Gasteiger partial charge in [-0.15, -0.1) is 0 Å². The van der Waals surface area contributed by atoms with Crippen LogP contribution in [-0.4, -0.2) is 14.5 Å². The third-order valence-corrected chi connectivity index (χ3v) is 11.0. The van der Waals surface area contributed by atoms with Gasteiger partial charge in [0, 0.05) is 32.8 Å². The van der Waals surface area contributed by atoms with Crippen molar-refractivity contribution in [3.63, 3.8) is 0 Å². The van der Waals surface area contributed by atoms with Gasteiger partial charge < -0.3 is 4.57 Å².